The minimum atomic E-state index is -0.906. The highest BCUT2D eigenvalue weighted by Gasteiger charge is 2.28. The molecule has 0 unspecified atom stereocenters. The van der Waals surface area contributed by atoms with E-state index in [4.69, 9.17) is 0 Å². The van der Waals surface area contributed by atoms with Crippen LogP contribution in [0.4, 0.5) is 11.5 Å². The SMILES string of the molecule is CNc1cc(C(=O)N2CCS(=O)CC2)c([N+](=O)[O-])cn1. The van der Waals surface area contributed by atoms with E-state index in [9.17, 15) is 19.1 Å². The number of carbonyl (C=O) groups is 1. The molecule has 1 N–H and O–H groups in total. The van der Waals surface area contributed by atoms with Gasteiger partial charge >= 0.3 is 0 Å². The van der Waals surface area contributed by atoms with Gasteiger partial charge in [0.15, 0.2) is 0 Å². The molecule has 0 spiro atoms. The summed E-state index contributed by atoms with van der Waals surface area (Å²) in [6.07, 6.45) is 1.07. The summed E-state index contributed by atoms with van der Waals surface area (Å²) >= 11 is 0. The Morgan fingerprint density at radius 2 is 2.15 bits per heavy atom. The van der Waals surface area contributed by atoms with Crippen LogP contribution in [0.1, 0.15) is 10.4 Å². The predicted octanol–water partition coefficient (Wildman–Crippen LogP) is 0.236. The Labute approximate surface area is 117 Å². The van der Waals surface area contributed by atoms with Gasteiger partial charge in [-0.3, -0.25) is 19.1 Å². The van der Waals surface area contributed by atoms with Crippen molar-refractivity contribution in [2.45, 2.75) is 0 Å². The summed E-state index contributed by atoms with van der Waals surface area (Å²) in [6, 6.07) is 1.37. The molecule has 20 heavy (non-hydrogen) atoms. The number of nitro groups is 1. The monoisotopic (exact) mass is 298 g/mol. The number of nitrogens with zero attached hydrogens (tertiary/aromatic N) is 3. The average Bonchev–Trinajstić information content (AvgIpc) is 2.46. The topological polar surface area (TPSA) is 105 Å². The minimum Gasteiger partial charge on any atom is -0.373 e. The maximum Gasteiger partial charge on any atom is 0.300 e. The molecule has 0 bridgehead atoms. The van der Waals surface area contributed by atoms with E-state index >= 15 is 0 Å². The number of hydrogen-bond donors (Lipinski definition) is 1. The fourth-order valence-corrected chi connectivity index (χ4v) is 2.97. The molecule has 1 aliphatic rings. The Morgan fingerprint density at radius 3 is 2.70 bits per heavy atom. The van der Waals surface area contributed by atoms with E-state index < -0.39 is 21.6 Å². The molecular weight excluding hydrogens is 284 g/mol. The number of carbonyl (C=O) groups excluding carboxylic acids is 1. The van der Waals surface area contributed by atoms with Crippen molar-refractivity contribution >= 4 is 28.2 Å². The number of amides is 1. The lowest BCUT2D eigenvalue weighted by Crippen LogP contribution is -2.42. The van der Waals surface area contributed by atoms with Crippen LogP contribution < -0.4 is 5.32 Å². The summed E-state index contributed by atoms with van der Waals surface area (Å²) in [5.74, 6) is 0.777. The Hall–Kier alpha value is -2.03. The molecule has 9 heteroatoms. The van der Waals surface area contributed by atoms with Crippen molar-refractivity contribution in [3.05, 3.63) is 27.9 Å². The second kappa shape index (κ2) is 5.95. The van der Waals surface area contributed by atoms with Crippen LogP contribution >= 0.6 is 0 Å². The highest BCUT2D eigenvalue weighted by Crippen LogP contribution is 2.22. The molecule has 108 valence electrons. The first-order valence-electron chi connectivity index (χ1n) is 5.99. The second-order valence-corrected chi connectivity index (χ2v) is 5.93. The zero-order valence-corrected chi connectivity index (χ0v) is 11.7. The quantitative estimate of drug-likeness (QED) is 0.633. The molecule has 1 aliphatic heterocycles. The summed E-state index contributed by atoms with van der Waals surface area (Å²) in [5.41, 5.74) is -0.317. The van der Waals surface area contributed by atoms with Gasteiger partial charge in [-0.25, -0.2) is 4.98 Å². The lowest BCUT2D eigenvalue weighted by molar-refractivity contribution is -0.385. The number of aromatic nitrogens is 1. The molecular formula is C11H14N4O4S. The van der Waals surface area contributed by atoms with Gasteiger partial charge in [0.1, 0.15) is 17.6 Å². The Morgan fingerprint density at radius 1 is 1.50 bits per heavy atom. The largest absolute Gasteiger partial charge is 0.373 e. The lowest BCUT2D eigenvalue weighted by atomic mass is 10.2. The number of rotatable bonds is 3. The zero-order chi connectivity index (χ0) is 14.7. The van der Waals surface area contributed by atoms with Gasteiger partial charge in [0, 0.05) is 48.5 Å². The van der Waals surface area contributed by atoms with E-state index in [0.29, 0.717) is 30.4 Å². The normalized spacial score (nSPS) is 15.9. The summed E-state index contributed by atoms with van der Waals surface area (Å²) in [6.45, 7) is 0.694. The van der Waals surface area contributed by atoms with Crippen LogP contribution in [0, 0.1) is 10.1 Å². The van der Waals surface area contributed by atoms with Crippen molar-refractivity contribution in [2.24, 2.45) is 0 Å². The maximum absolute atomic E-state index is 12.4. The minimum absolute atomic E-state index is 0.00188. The van der Waals surface area contributed by atoms with Crippen LogP contribution in [0.2, 0.25) is 0 Å². The van der Waals surface area contributed by atoms with E-state index in [1.165, 1.54) is 11.0 Å². The van der Waals surface area contributed by atoms with E-state index in [2.05, 4.69) is 10.3 Å². The fraction of sp³-hybridized carbons (Fsp3) is 0.455. The zero-order valence-electron chi connectivity index (χ0n) is 10.9. The first-order valence-corrected chi connectivity index (χ1v) is 7.48. The van der Waals surface area contributed by atoms with E-state index in [0.717, 1.165) is 6.20 Å². The molecule has 0 aliphatic carbocycles. The van der Waals surface area contributed by atoms with Crippen molar-refractivity contribution in [1.82, 2.24) is 9.88 Å². The molecule has 1 saturated heterocycles. The number of hydrogen-bond acceptors (Lipinski definition) is 6. The molecule has 0 aromatic carbocycles. The third-order valence-corrected chi connectivity index (χ3v) is 4.31. The Balaban J connectivity index is 2.32. The standard InChI is InChI=1S/C11H14N4O4S/c1-12-10-6-8(9(7-13-10)15(17)18)11(16)14-2-4-20(19)5-3-14/h6-7H,2-5H2,1H3,(H,12,13). The second-order valence-electron chi connectivity index (χ2n) is 4.23. The molecule has 0 atom stereocenters. The molecule has 8 nitrogen and oxygen atoms in total. The molecule has 1 amide bonds. The van der Waals surface area contributed by atoms with Gasteiger partial charge in [-0.2, -0.15) is 0 Å². The predicted molar refractivity (Wildman–Crippen MR) is 74.2 cm³/mol. The molecule has 1 aromatic rings. The van der Waals surface area contributed by atoms with Crippen molar-refractivity contribution < 1.29 is 13.9 Å². The molecule has 2 heterocycles. The van der Waals surface area contributed by atoms with E-state index in [1.807, 2.05) is 0 Å². The van der Waals surface area contributed by atoms with E-state index in [1.54, 1.807) is 7.05 Å². The average molecular weight is 298 g/mol. The van der Waals surface area contributed by atoms with Gasteiger partial charge < -0.3 is 10.2 Å². The van der Waals surface area contributed by atoms with Crippen molar-refractivity contribution in [1.29, 1.82) is 0 Å². The summed E-state index contributed by atoms with van der Waals surface area (Å²) < 4.78 is 11.3. The van der Waals surface area contributed by atoms with Crippen LogP contribution in [-0.4, -0.2) is 56.6 Å². The first kappa shape index (κ1) is 14.4. The highest BCUT2D eigenvalue weighted by molar-refractivity contribution is 7.85. The van der Waals surface area contributed by atoms with Gasteiger partial charge in [-0.15, -0.1) is 0 Å². The maximum atomic E-state index is 12.4. The summed E-state index contributed by atoms with van der Waals surface area (Å²) in [4.78, 5) is 28.1. The van der Waals surface area contributed by atoms with Crippen LogP contribution in [0.15, 0.2) is 12.3 Å². The first-order chi connectivity index (χ1) is 9.52. The molecule has 0 radical (unpaired) electrons. The molecule has 1 aromatic heterocycles. The fourth-order valence-electron chi connectivity index (χ4n) is 1.91. The third-order valence-electron chi connectivity index (χ3n) is 3.03. The van der Waals surface area contributed by atoms with Gasteiger partial charge in [-0.05, 0) is 0 Å². The van der Waals surface area contributed by atoms with Crippen LogP contribution in [0.3, 0.4) is 0 Å². The Bertz CT molecular complexity index is 568. The molecule has 0 saturated carbocycles. The number of pyridine rings is 1. The summed E-state index contributed by atoms with van der Waals surface area (Å²) in [7, 11) is 0.711. The van der Waals surface area contributed by atoms with Crippen LogP contribution in [0.25, 0.3) is 0 Å². The summed E-state index contributed by atoms with van der Waals surface area (Å²) in [5, 5.41) is 13.7. The van der Waals surface area contributed by atoms with Gasteiger partial charge in [0.05, 0.1) is 4.92 Å². The van der Waals surface area contributed by atoms with Gasteiger partial charge in [0.25, 0.3) is 11.6 Å². The van der Waals surface area contributed by atoms with Gasteiger partial charge in [-0.1, -0.05) is 0 Å². The number of nitrogens with one attached hydrogen (secondary N) is 1. The van der Waals surface area contributed by atoms with Crippen LogP contribution in [0.5, 0.6) is 0 Å². The Kier molecular flexibility index (Phi) is 4.28. The molecule has 2 rings (SSSR count). The van der Waals surface area contributed by atoms with E-state index in [-0.39, 0.29) is 11.3 Å². The van der Waals surface area contributed by atoms with Crippen LogP contribution in [-0.2, 0) is 10.8 Å². The third kappa shape index (κ3) is 2.93. The van der Waals surface area contributed by atoms with Crippen molar-refractivity contribution in [3.8, 4) is 0 Å². The van der Waals surface area contributed by atoms with Crippen molar-refractivity contribution in [2.75, 3.05) is 37.0 Å². The van der Waals surface area contributed by atoms with Crippen molar-refractivity contribution in [3.63, 3.8) is 0 Å². The highest BCUT2D eigenvalue weighted by atomic mass is 32.2. The smallest absolute Gasteiger partial charge is 0.300 e. The van der Waals surface area contributed by atoms with Gasteiger partial charge in [0.2, 0.25) is 0 Å². The number of anilines is 1. The lowest BCUT2D eigenvalue weighted by Gasteiger charge is -2.26. The molecule has 1 fully saturated rings.